The molecule has 0 fully saturated rings. The van der Waals surface area contributed by atoms with Crippen LogP contribution in [0.25, 0.3) is 0 Å². The summed E-state index contributed by atoms with van der Waals surface area (Å²) in [6, 6.07) is 11.9. The number of sulfonamides is 1. The third-order valence-electron chi connectivity index (χ3n) is 3.60. The molecule has 0 bridgehead atoms. The van der Waals surface area contributed by atoms with Gasteiger partial charge in [0.2, 0.25) is 0 Å². The molecular formula is C18H14ClFN2O4S. The fraction of sp³-hybridized carbons (Fsp3) is 0.0556. The zero-order valence-electron chi connectivity index (χ0n) is 13.8. The zero-order chi connectivity index (χ0) is 19.4. The van der Waals surface area contributed by atoms with Crippen molar-refractivity contribution in [1.82, 2.24) is 5.32 Å². The number of furan rings is 1. The van der Waals surface area contributed by atoms with Crippen molar-refractivity contribution in [3.63, 3.8) is 0 Å². The number of carbonyl (C=O) groups is 1. The van der Waals surface area contributed by atoms with E-state index < -0.39 is 21.7 Å². The third kappa shape index (κ3) is 4.66. The van der Waals surface area contributed by atoms with E-state index in [0.717, 1.165) is 24.3 Å². The maximum Gasteiger partial charge on any atom is 0.261 e. The van der Waals surface area contributed by atoms with Crippen molar-refractivity contribution < 1.29 is 22.0 Å². The van der Waals surface area contributed by atoms with E-state index in [0.29, 0.717) is 5.76 Å². The second-order valence-electron chi connectivity index (χ2n) is 5.52. The van der Waals surface area contributed by atoms with Crippen LogP contribution in [0.5, 0.6) is 0 Å². The normalized spacial score (nSPS) is 11.2. The van der Waals surface area contributed by atoms with Crippen molar-refractivity contribution in [3.8, 4) is 0 Å². The van der Waals surface area contributed by atoms with Crippen molar-refractivity contribution in [2.45, 2.75) is 11.4 Å². The van der Waals surface area contributed by atoms with Gasteiger partial charge < -0.3 is 9.73 Å². The second kappa shape index (κ2) is 7.81. The van der Waals surface area contributed by atoms with Gasteiger partial charge in [-0.25, -0.2) is 12.8 Å². The summed E-state index contributed by atoms with van der Waals surface area (Å²) in [4.78, 5) is 12.1. The molecule has 1 aromatic heterocycles. The summed E-state index contributed by atoms with van der Waals surface area (Å²) in [7, 11) is -3.99. The Morgan fingerprint density at radius 3 is 2.52 bits per heavy atom. The molecule has 0 aliphatic carbocycles. The van der Waals surface area contributed by atoms with E-state index in [1.807, 2.05) is 0 Å². The van der Waals surface area contributed by atoms with Crippen molar-refractivity contribution in [1.29, 1.82) is 0 Å². The predicted molar refractivity (Wildman–Crippen MR) is 98.5 cm³/mol. The minimum atomic E-state index is -3.99. The first-order valence-corrected chi connectivity index (χ1v) is 9.60. The van der Waals surface area contributed by atoms with Crippen LogP contribution in [0.15, 0.2) is 70.2 Å². The zero-order valence-corrected chi connectivity index (χ0v) is 15.4. The molecule has 3 aromatic rings. The molecule has 2 N–H and O–H groups in total. The number of rotatable bonds is 6. The fourth-order valence-electron chi connectivity index (χ4n) is 2.24. The Bertz CT molecular complexity index is 1050. The van der Waals surface area contributed by atoms with Crippen LogP contribution in [-0.2, 0) is 16.6 Å². The number of nitrogens with one attached hydrogen (secondary N) is 2. The average molecular weight is 409 g/mol. The van der Waals surface area contributed by atoms with Gasteiger partial charge in [-0.1, -0.05) is 11.6 Å². The SMILES string of the molecule is O=C(NCc1ccco1)c1ccc(Cl)c(NS(=O)(=O)c2ccc(F)cc2)c1. The highest BCUT2D eigenvalue weighted by atomic mass is 35.5. The Labute approximate surface area is 160 Å². The molecule has 3 rings (SSSR count). The number of carbonyl (C=O) groups excluding carboxylic acids is 1. The van der Waals surface area contributed by atoms with E-state index in [2.05, 4.69) is 10.0 Å². The van der Waals surface area contributed by atoms with Gasteiger partial charge in [0.15, 0.2) is 0 Å². The number of hydrogen-bond donors (Lipinski definition) is 2. The van der Waals surface area contributed by atoms with Crippen LogP contribution in [0, 0.1) is 5.82 Å². The van der Waals surface area contributed by atoms with Crippen LogP contribution >= 0.6 is 11.6 Å². The van der Waals surface area contributed by atoms with E-state index in [1.165, 1.54) is 24.5 Å². The molecule has 0 saturated heterocycles. The van der Waals surface area contributed by atoms with Crippen LogP contribution in [0.2, 0.25) is 5.02 Å². The van der Waals surface area contributed by atoms with Gasteiger partial charge in [-0.15, -0.1) is 0 Å². The van der Waals surface area contributed by atoms with Gasteiger partial charge >= 0.3 is 0 Å². The monoisotopic (exact) mass is 408 g/mol. The maximum atomic E-state index is 13.0. The predicted octanol–water partition coefficient (Wildman–Crippen LogP) is 3.80. The molecule has 140 valence electrons. The molecule has 27 heavy (non-hydrogen) atoms. The summed E-state index contributed by atoms with van der Waals surface area (Å²) in [5, 5.41) is 2.77. The fourth-order valence-corrected chi connectivity index (χ4v) is 3.54. The minimum absolute atomic E-state index is 0.0339. The summed E-state index contributed by atoms with van der Waals surface area (Å²) < 4.78 is 45.3. The lowest BCUT2D eigenvalue weighted by Crippen LogP contribution is -2.23. The Morgan fingerprint density at radius 2 is 1.85 bits per heavy atom. The highest BCUT2D eigenvalue weighted by Crippen LogP contribution is 2.26. The molecule has 0 aliphatic heterocycles. The molecule has 0 aliphatic rings. The molecule has 2 aromatic carbocycles. The topological polar surface area (TPSA) is 88.4 Å². The quantitative estimate of drug-likeness (QED) is 0.649. The molecule has 0 spiro atoms. The highest BCUT2D eigenvalue weighted by molar-refractivity contribution is 7.92. The Hall–Kier alpha value is -2.84. The molecule has 0 atom stereocenters. The van der Waals surface area contributed by atoms with Crippen LogP contribution in [0.3, 0.4) is 0 Å². The Kier molecular flexibility index (Phi) is 5.48. The van der Waals surface area contributed by atoms with E-state index in [4.69, 9.17) is 16.0 Å². The highest BCUT2D eigenvalue weighted by Gasteiger charge is 2.17. The number of hydrogen-bond acceptors (Lipinski definition) is 4. The van der Waals surface area contributed by atoms with Crippen molar-refractivity contribution in [3.05, 3.63) is 83.0 Å². The third-order valence-corrected chi connectivity index (χ3v) is 5.31. The lowest BCUT2D eigenvalue weighted by atomic mass is 10.2. The average Bonchev–Trinajstić information content (AvgIpc) is 3.15. The largest absolute Gasteiger partial charge is 0.467 e. The number of anilines is 1. The van der Waals surface area contributed by atoms with Crippen LogP contribution < -0.4 is 10.0 Å². The van der Waals surface area contributed by atoms with Gasteiger partial charge in [-0.05, 0) is 54.6 Å². The Balaban J connectivity index is 1.78. The van der Waals surface area contributed by atoms with Crippen LogP contribution in [0.4, 0.5) is 10.1 Å². The minimum Gasteiger partial charge on any atom is -0.467 e. The second-order valence-corrected chi connectivity index (χ2v) is 7.61. The summed E-state index contributed by atoms with van der Waals surface area (Å²) in [6.45, 7) is 0.186. The summed E-state index contributed by atoms with van der Waals surface area (Å²) >= 11 is 6.04. The number of halogens is 2. The molecule has 1 amide bonds. The van der Waals surface area contributed by atoms with Crippen molar-refractivity contribution >= 4 is 33.2 Å². The van der Waals surface area contributed by atoms with Crippen LogP contribution in [-0.4, -0.2) is 14.3 Å². The van der Waals surface area contributed by atoms with Gasteiger partial charge in [-0.2, -0.15) is 0 Å². The van der Waals surface area contributed by atoms with E-state index in [1.54, 1.807) is 12.1 Å². The van der Waals surface area contributed by atoms with E-state index >= 15 is 0 Å². The number of amides is 1. The van der Waals surface area contributed by atoms with Crippen molar-refractivity contribution in [2.24, 2.45) is 0 Å². The van der Waals surface area contributed by atoms with E-state index in [9.17, 15) is 17.6 Å². The molecule has 0 unspecified atom stereocenters. The Morgan fingerprint density at radius 1 is 1.11 bits per heavy atom. The molecule has 0 radical (unpaired) electrons. The maximum absolute atomic E-state index is 13.0. The lowest BCUT2D eigenvalue weighted by molar-refractivity contribution is 0.0948. The smallest absolute Gasteiger partial charge is 0.261 e. The first kappa shape index (κ1) is 18.9. The first-order valence-electron chi connectivity index (χ1n) is 7.74. The molecule has 0 saturated carbocycles. The van der Waals surface area contributed by atoms with E-state index in [-0.39, 0.29) is 27.7 Å². The van der Waals surface area contributed by atoms with Crippen LogP contribution in [0.1, 0.15) is 16.1 Å². The lowest BCUT2D eigenvalue weighted by Gasteiger charge is -2.11. The van der Waals surface area contributed by atoms with Gasteiger partial charge in [-0.3, -0.25) is 9.52 Å². The number of benzene rings is 2. The summed E-state index contributed by atoms with van der Waals surface area (Å²) in [5.74, 6) is -0.401. The standard InChI is InChI=1S/C18H14ClFN2O4S/c19-16-8-3-12(18(23)21-11-14-2-1-9-26-14)10-17(16)22-27(24,25)15-6-4-13(20)5-7-15/h1-10,22H,11H2,(H,21,23). The summed E-state index contributed by atoms with van der Waals surface area (Å²) in [6.07, 6.45) is 1.49. The molecular weight excluding hydrogens is 395 g/mol. The van der Waals surface area contributed by atoms with Crippen molar-refractivity contribution in [2.75, 3.05) is 4.72 Å². The molecule has 9 heteroatoms. The van der Waals surface area contributed by atoms with Gasteiger partial charge in [0.1, 0.15) is 11.6 Å². The summed E-state index contributed by atoms with van der Waals surface area (Å²) in [5.41, 5.74) is 0.245. The molecule has 1 heterocycles. The van der Waals surface area contributed by atoms with Gasteiger partial charge in [0, 0.05) is 5.56 Å². The van der Waals surface area contributed by atoms with Gasteiger partial charge in [0.25, 0.3) is 15.9 Å². The first-order chi connectivity index (χ1) is 12.8. The van der Waals surface area contributed by atoms with Gasteiger partial charge in [0.05, 0.1) is 28.4 Å². The molecule has 6 nitrogen and oxygen atoms in total.